The minimum atomic E-state index is -4.23. The highest BCUT2D eigenvalue weighted by atomic mass is 19.4. The summed E-state index contributed by atoms with van der Waals surface area (Å²) in [5.41, 5.74) is 3.18. The van der Waals surface area contributed by atoms with Gasteiger partial charge in [-0.15, -0.1) is 0 Å². The number of alkyl halides is 3. The van der Waals surface area contributed by atoms with Gasteiger partial charge in [-0.1, -0.05) is 18.2 Å². The van der Waals surface area contributed by atoms with E-state index in [0.29, 0.717) is 18.1 Å². The first-order chi connectivity index (χ1) is 19.1. The molecule has 11 heteroatoms. The van der Waals surface area contributed by atoms with Crippen molar-refractivity contribution in [3.63, 3.8) is 0 Å². The Bertz CT molecular complexity index is 1090. The smallest absolute Gasteiger partial charge is 0.415 e. The van der Waals surface area contributed by atoms with Gasteiger partial charge in [0.1, 0.15) is 18.1 Å². The Balaban J connectivity index is 1.52. The molecule has 0 heterocycles. The maximum absolute atomic E-state index is 12.9. The molecular weight excluding hydrogens is 531 g/mol. The van der Waals surface area contributed by atoms with E-state index in [1.54, 1.807) is 37.3 Å². The number of aryl methyl sites for hydroxylation is 2. The molecule has 0 aliphatic heterocycles. The quantitative estimate of drug-likeness (QED) is 0.270. The van der Waals surface area contributed by atoms with Crippen molar-refractivity contribution in [2.45, 2.75) is 57.7 Å². The average Bonchev–Trinajstić information content (AvgIpc) is 3.37. The Kier molecular flexibility index (Phi) is 12.1. The van der Waals surface area contributed by atoms with Crippen molar-refractivity contribution in [2.24, 2.45) is 0 Å². The zero-order chi connectivity index (χ0) is 29.0. The molecule has 0 saturated carbocycles. The summed E-state index contributed by atoms with van der Waals surface area (Å²) in [6.45, 7) is 2.41. The van der Waals surface area contributed by atoms with Crippen LogP contribution >= 0.6 is 0 Å². The van der Waals surface area contributed by atoms with Crippen molar-refractivity contribution in [1.29, 1.82) is 0 Å². The van der Waals surface area contributed by atoms with Gasteiger partial charge in [-0.2, -0.15) is 13.2 Å². The lowest BCUT2D eigenvalue weighted by atomic mass is 10.1. The first kappa shape index (κ1) is 31.2. The normalized spacial score (nSPS) is 13.5. The van der Waals surface area contributed by atoms with Crippen molar-refractivity contribution in [2.75, 3.05) is 39.5 Å². The maximum Gasteiger partial charge on any atom is 0.415 e. The molecule has 220 valence electrons. The van der Waals surface area contributed by atoms with Crippen LogP contribution in [0, 0.1) is 0 Å². The highest BCUT2D eigenvalue weighted by molar-refractivity contribution is 5.72. The molecule has 2 aromatic rings. The Labute approximate surface area is 232 Å². The number of benzene rings is 2. The summed E-state index contributed by atoms with van der Waals surface area (Å²) in [5, 5.41) is 9.26. The fourth-order valence-corrected chi connectivity index (χ4v) is 4.35. The van der Waals surface area contributed by atoms with Crippen LogP contribution in [0.4, 0.5) is 18.0 Å². The molecule has 1 atom stereocenters. The molecule has 1 aliphatic rings. The minimum Gasteiger partial charge on any atom is -0.492 e. The number of hydrogen-bond donors (Lipinski definition) is 1. The molecule has 0 aromatic heterocycles. The first-order valence-electron chi connectivity index (χ1n) is 13.4. The van der Waals surface area contributed by atoms with E-state index in [2.05, 4.69) is 0 Å². The van der Waals surface area contributed by atoms with Crippen molar-refractivity contribution < 1.29 is 46.8 Å². The molecule has 8 nitrogen and oxygen atoms in total. The molecule has 1 amide bonds. The monoisotopic (exact) mass is 567 g/mol. The van der Waals surface area contributed by atoms with Gasteiger partial charge in [0.15, 0.2) is 6.10 Å². The van der Waals surface area contributed by atoms with E-state index >= 15 is 0 Å². The maximum atomic E-state index is 12.9. The lowest BCUT2D eigenvalue weighted by Crippen LogP contribution is -2.39. The van der Waals surface area contributed by atoms with Crippen molar-refractivity contribution in [1.82, 2.24) is 4.90 Å². The van der Waals surface area contributed by atoms with Gasteiger partial charge in [-0.3, -0.25) is 0 Å². The van der Waals surface area contributed by atoms with E-state index in [4.69, 9.17) is 18.9 Å². The second-order valence-electron chi connectivity index (χ2n) is 9.45. The number of fused-ring (bicyclic) bond motifs is 1. The molecule has 3 rings (SSSR count). The van der Waals surface area contributed by atoms with Crippen LogP contribution < -0.4 is 9.47 Å². The van der Waals surface area contributed by atoms with Gasteiger partial charge in [0.25, 0.3) is 0 Å². The van der Waals surface area contributed by atoms with Crippen LogP contribution in [0.15, 0.2) is 42.5 Å². The third-order valence-electron chi connectivity index (χ3n) is 6.41. The van der Waals surface area contributed by atoms with Crippen LogP contribution in [-0.4, -0.2) is 73.9 Å². The van der Waals surface area contributed by atoms with E-state index in [0.717, 1.165) is 30.4 Å². The third-order valence-corrected chi connectivity index (χ3v) is 6.41. The summed E-state index contributed by atoms with van der Waals surface area (Å²) < 4.78 is 58.9. The molecular formula is C29H36F3NO7. The number of carbonyl (C=O) groups is 2. The predicted octanol–water partition coefficient (Wildman–Crippen LogP) is 5.45. The summed E-state index contributed by atoms with van der Waals surface area (Å²) in [5.74, 6) is -0.0641. The summed E-state index contributed by atoms with van der Waals surface area (Å²) in [6.07, 6.45) is -3.62. The number of amides is 1. The zero-order valence-electron chi connectivity index (χ0n) is 22.6. The fraction of sp³-hybridized carbons (Fsp3) is 0.517. The number of aliphatic carboxylic acids is 1. The van der Waals surface area contributed by atoms with Gasteiger partial charge in [0.2, 0.25) is 0 Å². The lowest BCUT2D eigenvalue weighted by molar-refractivity contribution is -0.150. The first-order valence-corrected chi connectivity index (χ1v) is 13.4. The average molecular weight is 568 g/mol. The molecule has 1 N–H and O–H groups in total. The Morgan fingerprint density at radius 3 is 2.38 bits per heavy atom. The van der Waals surface area contributed by atoms with Crippen molar-refractivity contribution >= 4 is 12.1 Å². The molecule has 0 spiro atoms. The molecule has 0 saturated heterocycles. The summed E-state index contributed by atoms with van der Waals surface area (Å²) in [7, 11) is 0. The Morgan fingerprint density at radius 1 is 0.975 bits per heavy atom. The number of carbonyl (C=O) groups excluding carboxylic acids is 1. The summed E-state index contributed by atoms with van der Waals surface area (Å²) >= 11 is 0. The van der Waals surface area contributed by atoms with Crippen LogP contribution in [0.5, 0.6) is 11.5 Å². The highest BCUT2D eigenvalue weighted by Crippen LogP contribution is 2.26. The molecule has 40 heavy (non-hydrogen) atoms. The van der Waals surface area contributed by atoms with E-state index in [1.165, 1.54) is 10.5 Å². The molecule has 0 bridgehead atoms. The van der Waals surface area contributed by atoms with Crippen LogP contribution in [-0.2, 0) is 33.5 Å². The molecule has 0 fully saturated rings. The minimum absolute atomic E-state index is 0.0520. The van der Waals surface area contributed by atoms with Crippen LogP contribution in [0.3, 0.4) is 0 Å². The Morgan fingerprint density at radius 2 is 1.68 bits per heavy atom. The van der Waals surface area contributed by atoms with Crippen LogP contribution in [0.25, 0.3) is 0 Å². The number of hydrogen-bond acceptors (Lipinski definition) is 6. The van der Waals surface area contributed by atoms with E-state index in [1.807, 2.05) is 12.1 Å². The van der Waals surface area contributed by atoms with Gasteiger partial charge in [-0.05, 0) is 73.6 Å². The number of ether oxygens (including phenoxy) is 4. The van der Waals surface area contributed by atoms with Gasteiger partial charge in [-0.25, -0.2) is 9.59 Å². The standard InChI is InChI=1S/C29H36F3NO7/c1-2-38-26(27(34)35)19-21-7-10-24(11-8-21)39-18-15-33(14-17-37-16-4-13-29(30,31)32)28(36)40-25-12-9-22-5-3-6-23(22)20-25/h7-12,20,26H,2-6,13-19H2,1H3,(H,34,35). The summed E-state index contributed by atoms with van der Waals surface area (Å²) in [6, 6.07) is 12.5. The van der Waals surface area contributed by atoms with E-state index in [-0.39, 0.29) is 45.8 Å². The number of rotatable bonds is 16. The molecule has 2 aromatic carbocycles. The zero-order valence-corrected chi connectivity index (χ0v) is 22.6. The Hall–Kier alpha value is -3.31. The van der Waals surface area contributed by atoms with Gasteiger partial charge < -0.3 is 29.0 Å². The molecule has 1 aliphatic carbocycles. The number of halogens is 3. The predicted molar refractivity (Wildman–Crippen MR) is 141 cm³/mol. The van der Waals surface area contributed by atoms with Gasteiger partial charge >= 0.3 is 18.2 Å². The topological polar surface area (TPSA) is 94.5 Å². The third kappa shape index (κ3) is 10.7. The van der Waals surface area contributed by atoms with Crippen LogP contribution in [0.2, 0.25) is 0 Å². The number of nitrogens with zero attached hydrogens (tertiary/aromatic N) is 1. The van der Waals surface area contributed by atoms with E-state index < -0.39 is 30.8 Å². The fourth-order valence-electron chi connectivity index (χ4n) is 4.35. The van der Waals surface area contributed by atoms with Crippen molar-refractivity contribution in [3.05, 3.63) is 59.2 Å². The number of carboxylic acids is 1. The SMILES string of the molecule is CCOC(Cc1ccc(OCCN(CCOCCCC(F)(F)F)C(=O)Oc2ccc3c(c2)CCC3)cc1)C(=O)O. The van der Waals surface area contributed by atoms with Crippen molar-refractivity contribution in [3.8, 4) is 11.5 Å². The molecule has 0 radical (unpaired) electrons. The second kappa shape index (κ2) is 15.5. The lowest BCUT2D eigenvalue weighted by Gasteiger charge is -2.22. The second-order valence-corrected chi connectivity index (χ2v) is 9.45. The largest absolute Gasteiger partial charge is 0.492 e. The number of carboxylic acid groups (broad SMARTS) is 1. The summed E-state index contributed by atoms with van der Waals surface area (Å²) in [4.78, 5) is 25.6. The molecule has 1 unspecified atom stereocenters. The highest BCUT2D eigenvalue weighted by Gasteiger charge is 2.26. The van der Waals surface area contributed by atoms with Crippen LogP contribution in [0.1, 0.15) is 42.9 Å². The van der Waals surface area contributed by atoms with Gasteiger partial charge in [0.05, 0.1) is 13.2 Å². The van der Waals surface area contributed by atoms with E-state index in [9.17, 15) is 27.9 Å². The van der Waals surface area contributed by atoms with Gasteiger partial charge in [0, 0.05) is 32.6 Å².